The van der Waals surface area contributed by atoms with Crippen LogP contribution in [0.25, 0.3) is 6.08 Å². The molecule has 1 aliphatic rings. The van der Waals surface area contributed by atoms with Crippen molar-refractivity contribution in [1.29, 1.82) is 0 Å². The van der Waals surface area contributed by atoms with Crippen molar-refractivity contribution in [2.45, 2.75) is 12.4 Å². The van der Waals surface area contributed by atoms with Gasteiger partial charge in [0, 0.05) is 0 Å². The smallest absolute Gasteiger partial charge is 0.177 e. The van der Waals surface area contributed by atoms with Crippen molar-refractivity contribution < 1.29 is 9.47 Å². The lowest BCUT2D eigenvalue weighted by atomic mass is 10.2. The molecule has 0 spiro atoms. The molecular weight excluding hydrogens is 212 g/mol. The minimum absolute atomic E-state index is 0.0251. The van der Waals surface area contributed by atoms with E-state index >= 15 is 0 Å². The third-order valence-corrected chi connectivity index (χ3v) is 2.53. The van der Waals surface area contributed by atoms with Crippen molar-refractivity contribution >= 4 is 17.7 Å². The van der Waals surface area contributed by atoms with E-state index in [-0.39, 0.29) is 12.4 Å². The summed E-state index contributed by atoms with van der Waals surface area (Å²) in [7, 11) is 0. The Hall–Kier alpha value is -0.830. The van der Waals surface area contributed by atoms with Crippen molar-refractivity contribution in [2.75, 3.05) is 12.5 Å². The summed E-state index contributed by atoms with van der Waals surface area (Å²) in [5.74, 6) is 0.482. The first-order valence-electron chi connectivity index (χ1n) is 4.95. The van der Waals surface area contributed by atoms with Crippen molar-refractivity contribution in [2.24, 2.45) is 0 Å². The molecular formula is C12H13ClO2. The molecule has 0 radical (unpaired) electrons. The average molecular weight is 225 g/mol. The van der Waals surface area contributed by atoms with Crippen LogP contribution in [0.5, 0.6) is 0 Å². The summed E-state index contributed by atoms with van der Waals surface area (Å²) in [6, 6.07) is 10.0. The number of halogens is 1. The van der Waals surface area contributed by atoms with Crippen molar-refractivity contribution in [3.05, 3.63) is 42.0 Å². The molecule has 1 heterocycles. The van der Waals surface area contributed by atoms with Crippen LogP contribution in [-0.2, 0) is 9.47 Å². The Kier molecular flexibility index (Phi) is 3.78. The van der Waals surface area contributed by atoms with Gasteiger partial charge in [0.15, 0.2) is 6.29 Å². The van der Waals surface area contributed by atoms with Gasteiger partial charge in [0.25, 0.3) is 0 Å². The maximum atomic E-state index is 5.66. The monoisotopic (exact) mass is 224 g/mol. The van der Waals surface area contributed by atoms with Crippen LogP contribution in [0.15, 0.2) is 36.4 Å². The lowest BCUT2D eigenvalue weighted by Gasteiger charge is -2.04. The Balaban J connectivity index is 1.90. The Morgan fingerprint density at radius 2 is 2.13 bits per heavy atom. The highest BCUT2D eigenvalue weighted by Gasteiger charge is 2.22. The predicted octanol–water partition coefficient (Wildman–Crippen LogP) is 2.68. The maximum absolute atomic E-state index is 5.66. The number of hydrogen-bond acceptors (Lipinski definition) is 2. The van der Waals surface area contributed by atoms with E-state index in [2.05, 4.69) is 0 Å². The van der Waals surface area contributed by atoms with Crippen LogP contribution in [0.3, 0.4) is 0 Å². The van der Waals surface area contributed by atoms with Gasteiger partial charge < -0.3 is 9.47 Å². The van der Waals surface area contributed by atoms with Gasteiger partial charge in [0.05, 0.1) is 18.6 Å². The summed E-state index contributed by atoms with van der Waals surface area (Å²) in [5, 5.41) is 0. The molecule has 0 aromatic heterocycles. The van der Waals surface area contributed by atoms with Gasteiger partial charge in [-0.05, 0) is 11.6 Å². The molecule has 0 unspecified atom stereocenters. The van der Waals surface area contributed by atoms with E-state index in [0.717, 1.165) is 5.56 Å². The van der Waals surface area contributed by atoms with E-state index in [0.29, 0.717) is 12.5 Å². The molecule has 3 heteroatoms. The summed E-state index contributed by atoms with van der Waals surface area (Å²) in [5.41, 5.74) is 1.14. The standard InChI is InChI=1S/C12H13ClO2/c13-8-11-9-14-12(15-11)7-6-10-4-2-1-3-5-10/h1-7,11-12H,8-9H2/b7-6+/t11-,12+/m1/s1. The number of alkyl halides is 1. The van der Waals surface area contributed by atoms with E-state index in [1.165, 1.54) is 0 Å². The zero-order valence-corrected chi connectivity index (χ0v) is 9.06. The number of ether oxygens (including phenoxy) is 2. The van der Waals surface area contributed by atoms with Gasteiger partial charge in [-0.2, -0.15) is 0 Å². The van der Waals surface area contributed by atoms with Crippen LogP contribution in [0.1, 0.15) is 5.56 Å². The number of rotatable bonds is 3. The van der Waals surface area contributed by atoms with E-state index in [9.17, 15) is 0 Å². The molecule has 0 bridgehead atoms. The van der Waals surface area contributed by atoms with Gasteiger partial charge >= 0.3 is 0 Å². The third kappa shape index (κ3) is 3.06. The van der Waals surface area contributed by atoms with Crippen molar-refractivity contribution in [1.82, 2.24) is 0 Å². The van der Waals surface area contributed by atoms with Gasteiger partial charge in [0.1, 0.15) is 0 Å². The molecule has 15 heavy (non-hydrogen) atoms. The summed E-state index contributed by atoms with van der Waals surface area (Å²) < 4.78 is 10.9. The zero-order chi connectivity index (χ0) is 10.5. The predicted molar refractivity (Wildman–Crippen MR) is 60.8 cm³/mol. The van der Waals surface area contributed by atoms with Gasteiger partial charge in [-0.1, -0.05) is 36.4 Å². The van der Waals surface area contributed by atoms with Gasteiger partial charge in [-0.15, -0.1) is 11.6 Å². The topological polar surface area (TPSA) is 18.5 Å². The van der Waals surface area contributed by atoms with Crippen LogP contribution in [-0.4, -0.2) is 24.9 Å². The average Bonchev–Trinajstić information content (AvgIpc) is 2.76. The van der Waals surface area contributed by atoms with Crippen LogP contribution in [0, 0.1) is 0 Å². The Morgan fingerprint density at radius 1 is 1.33 bits per heavy atom. The molecule has 1 aromatic carbocycles. The summed E-state index contributed by atoms with van der Waals surface area (Å²) >= 11 is 5.66. The maximum Gasteiger partial charge on any atom is 0.177 e. The fraction of sp³-hybridized carbons (Fsp3) is 0.333. The summed E-state index contributed by atoms with van der Waals surface area (Å²) in [4.78, 5) is 0. The highest BCUT2D eigenvalue weighted by atomic mass is 35.5. The molecule has 1 fully saturated rings. The Bertz CT molecular complexity index is 324. The molecule has 80 valence electrons. The molecule has 0 amide bonds. The van der Waals surface area contributed by atoms with Gasteiger partial charge in [-0.25, -0.2) is 0 Å². The highest BCUT2D eigenvalue weighted by molar-refractivity contribution is 6.18. The Morgan fingerprint density at radius 3 is 2.80 bits per heavy atom. The largest absolute Gasteiger partial charge is 0.346 e. The van der Waals surface area contributed by atoms with Crippen LogP contribution >= 0.6 is 11.6 Å². The molecule has 0 saturated carbocycles. The first kappa shape index (κ1) is 10.7. The SMILES string of the molecule is ClC[C@@H]1CO[C@H](/C=C/c2ccccc2)O1. The van der Waals surface area contributed by atoms with Gasteiger partial charge in [0.2, 0.25) is 0 Å². The van der Waals surface area contributed by atoms with Crippen molar-refractivity contribution in [3.63, 3.8) is 0 Å². The molecule has 0 aliphatic carbocycles. The molecule has 2 rings (SSSR count). The second-order valence-electron chi connectivity index (χ2n) is 3.38. The van der Waals surface area contributed by atoms with E-state index < -0.39 is 0 Å². The fourth-order valence-corrected chi connectivity index (χ4v) is 1.57. The van der Waals surface area contributed by atoms with Gasteiger partial charge in [-0.3, -0.25) is 0 Å². The van der Waals surface area contributed by atoms with Crippen LogP contribution in [0.2, 0.25) is 0 Å². The minimum Gasteiger partial charge on any atom is -0.346 e. The molecule has 2 atom stereocenters. The molecule has 1 aliphatic heterocycles. The lowest BCUT2D eigenvalue weighted by molar-refractivity contribution is -0.0149. The van der Waals surface area contributed by atoms with Crippen LogP contribution < -0.4 is 0 Å². The minimum atomic E-state index is -0.256. The van der Waals surface area contributed by atoms with E-state index in [1.807, 2.05) is 42.5 Å². The molecule has 2 nitrogen and oxygen atoms in total. The van der Waals surface area contributed by atoms with E-state index in [1.54, 1.807) is 0 Å². The summed E-state index contributed by atoms with van der Waals surface area (Å²) in [6.45, 7) is 0.577. The molecule has 1 aromatic rings. The summed E-state index contributed by atoms with van der Waals surface area (Å²) in [6.07, 6.45) is 3.66. The first-order valence-corrected chi connectivity index (χ1v) is 5.48. The quantitative estimate of drug-likeness (QED) is 0.735. The fourth-order valence-electron chi connectivity index (χ4n) is 1.41. The highest BCUT2D eigenvalue weighted by Crippen LogP contribution is 2.15. The third-order valence-electron chi connectivity index (χ3n) is 2.19. The lowest BCUT2D eigenvalue weighted by Crippen LogP contribution is -2.12. The van der Waals surface area contributed by atoms with Crippen LogP contribution in [0.4, 0.5) is 0 Å². The van der Waals surface area contributed by atoms with E-state index in [4.69, 9.17) is 21.1 Å². The normalized spacial score (nSPS) is 26.2. The Labute approximate surface area is 94.5 Å². The second-order valence-corrected chi connectivity index (χ2v) is 3.69. The molecule has 0 N–H and O–H groups in total. The number of benzene rings is 1. The first-order chi connectivity index (χ1) is 7.38. The molecule has 1 saturated heterocycles. The zero-order valence-electron chi connectivity index (χ0n) is 8.30. The second kappa shape index (κ2) is 5.31. The number of hydrogen-bond donors (Lipinski definition) is 0. The van der Waals surface area contributed by atoms with Crippen molar-refractivity contribution in [3.8, 4) is 0 Å².